The molecule has 174 valence electrons. The smallest absolute Gasteiger partial charge is 0.262 e. The molecule has 1 fully saturated rings. The largest absolute Gasteiger partial charge is 0.351 e. The fourth-order valence-corrected chi connectivity index (χ4v) is 5.44. The van der Waals surface area contributed by atoms with Gasteiger partial charge in [0.2, 0.25) is 5.91 Å². The van der Waals surface area contributed by atoms with Gasteiger partial charge in [-0.05, 0) is 37.1 Å². The van der Waals surface area contributed by atoms with Crippen LogP contribution in [0.2, 0.25) is 0 Å². The lowest BCUT2D eigenvalue weighted by molar-refractivity contribution is -0.121. The topological polar surface area (TPSA) is 109 Å². The van der Waals surface area contributed by atoms with Crippen molar-refractivity contribution >= 4 is 52.1 Å². The number of aromatic nitrogens is 2. The molecule has 2 aliphatic rings. The van der Waals surface area contributed by atoms with Gasteiger partial charge in [0, 0.05) is 62.5 Å². The number of hydrogen-bond acceptors (Lipinski definition) is 7. The molecule has 1 aromatic carbocycles. The Morgan fingerprint density at radius 1 is 1.21 bits per heavy atom. The average molecular weight is 487 g/mol. The normalized spacial score (nSPS) is 17.8. The second kappa shape index (κ2) is 10.9. The number of imidazole rings is 1. The fourth-order valence-electron chi connectivity index (χ4n) is 3.54. The number of amides is 3. The summed E-state index contributed by atoms with van der Waals surface area (Å²) in [5.74, 6) is 0.0477. The van der Waals surface area contributed by atoms with Crippen molar-refractivity contribution in [1.29, 1.82) is 0 Å². The molecular formula is C22H26N6O3S2. The fraction of sp³-hybridized carbons (Fsp3) is 0.409. The molecule has 0 saturated carbocycles. The van der Waals surface area contributed by atoms with E-state index in [1.54, 1.807) is 42.2 Å². The summed E-state index contributed by atoms with van der Waals surface area (Å²) in [5, 5.41) is 6.85. The minimum atomic E-state index is -0.478. The van der Waals surface area contributed by atoms with Crippen molar-refractivity contribution < 1.29 is 14.4 Å². The van der Waals surface area contributed by atoms with Crippen molar-refractivity contribution in [3.05, 3.63) is 42.2 Å². The SMILES string of the molecule is Cn1ccnc1SCCNC(=O)c1ccc(NC(=O)C[C@@H]2SC(N3CCCC3)=NC2=O)cc1. The van der Waals surface area contributed by atoms with Crippen LogP contribution in [0.1, 0.15) is 29.6 Å². The molecule has 0 aliphatic carbocycles. The molecule has 2 N–H and O–H groups in total. The van der Waals surface area contributed by atoms with Crippen LogP contribution >= 0.6 is 23.5 Å². The summed E-state index contributed by atoms with van der Waals surface area (Å²) in [7, 11) is 1.93. The number of amidine groups is 1. The van der Waals surface area contributed by atoms with Gasteiger partial charge >= 0.3 is 0 Å². The van der Waals surface area contributed by atoms with Crippen molar-refractivity contribution in [3.63, 3.8) is 0 Å². The predicted octanol–water partition coefficient (Wildman–Crippen LogP) is 2.36. The molecule has 11 heteroatoms. The molecule has 0 spiro atoms. The van der Waals surface area contributed by atoms with E-state index < -0.39 is 5.25 Å². The number of carbonyl (C=O) groups is 3. The molecule has 0 unspecified atom stereocenters. The Kier molecular flexibility index (Phi) is 7.71. The standard InChI is InChI=1S/C22H26N6O3S2/c1-27-12-8-24-21(27)32-13-9-23-19(30)15-4-6-16(7-5-15)25-18(29)14-17-20(31)26-22(33-17)28-10-2-3-11-28/h4-8,12,17H,2-3,9-11,13-14H2,1H3,(H,23,30)(H,25,29)/t17-/m0/s1. The lowest BCUT2D eigenvalue weighted by Gasteiger charge is -2.16. The Balaban J connectivity index is 1.19. The Morgan fingerprint density at radius 3 is 2.67 bits per heavy atom. The molecule has 1 atom stereocenters. The molecule has 4 rings (SSSR count). The van der Waals surface area contributed by atoms with Crippen LogP contribution in [0.3, 0.4) is 0 Å². The highest BCUT2D eigenvalue weighted by Gasteiger charge is 2.33. The number of nitrogens with zero attached hydrogens (tertiary/aromatic N) is 4. The van der Waals surface area contributed by atoms with Crippen LogP contribution in [0.5, 0.6) is 0 Å². The predicted molar refractivity (Wildman–Crippen MR) is 131 cm³/mol. The maximum Gasteiger partial charge on any atom is 0.262 e. The quantitative estimate of drug-likeness (QED) is 0.436. The number of rotatable bonds is 8. The summed E-state index contributed by atoms with van der Waals surface area (Å²) in [6, 6.07) is 6.71. The van der Waals surface area contributed by atoms with Crippen molar-refractivity contribution in [3.8, 4) is 0 Å². The Hall–Kier alpha value is -2.79. The van der Waals surface area contributed by atoms with Gasteiger partial charge in [0.15, 0.2) is 10.3 Å². The van der Waals surface area contributed by atoms with Gasteiger partial charge in [-0.2, -0.15) is 4.99 Å². The molecule has 9 nitrogen and oxygen atoms in total. The van der Waals surface area contributed by atoms with Crippen LogP contribution in [0.25, 0.3) is 0 Å². The van der Waals surface area contributed by atoms with E-state index in [9.17, 15) is 14.4 Å². The number of carbonyl (C=O) groups excluding carboxylic acids is 3. The zero-order chi connectivity index (χ0) is 23.2. The van der Waals surface area contributed by atoms with E-state index in [0.29, 0.717) is 23.5 Å². The number of thioether (sulfide) groups is 2. The average Bonchev–Trinajstić information content (AvgIpc) is 3.54. The molecule has 3 heterocycles. The van der Waals surface area contributed by atoms with Gasteiger partial charge in [-0.3, -0.25) is 14.4 Å². The Morgan fingerprint density at radius 2 is 1.97 bits per heavy atom. The first kappa shape index (κ1) is 23.4. The summed E-state index contributed by atoms with van der Waals surface area (Å²) >= 11 is 2.95. The maximum absolute atomic E-state index is 12.4. The molecule has 0 bridgehead atoms. The summed E-state index contributed by atoms with van der Waals surface area (Å²) in [6.07, 6.45) is 5.91. The highest BCUT2D eigenvalue weighted by Crippen LogP contribution is 2.29. The zero-order valence-electron chi connectivity index (χ0n) is 18.3. The highest BCUT2D eigenvalue weighted by molar-refractivity contribution is 8.15. The van der Waals surface area contributed by atoms with Crippen LogP contribution in [0, 0.1) is 0 Å². The minimum Gasteiger partial charge on any atom is -0.351 e. The third-order valence-electron chi connectivity index (χ3n) is 5.30. The van der Waals surface area contributed by atoms with Crippen molar-refractivity contribution in [2.24, 2.45) is 12.0 Å². The monoisotopic (exact) mass is 486 g/mol. The number of nitrogens with one attached hydrogen (secondary N) is 2. The van der Waals surface area contributed by atoms with E-state index in [4.69, 9.17) is 0 Å². The van der Waals surface area contributed by atoms with Crippen molar-refractivity contribution in [2.75, 3.05) is 30.7 Å². The van der Waals surface area contributed by atoms with Crippen LogP contribution < -0.4 is 10.6 Å². The summed E-state index contributed by atoms with van der Waals surface area (Å²) in [5.41, 5.74) is 1.10. The van der Waals surface area contributed by atoms with Gasteiger partial charge in [-0.25, -0.2) is 4.98 Å². The number of aryl methyl sites for hydroxylation is 1. The van der Waals surface area contributed by atoms with Gasteiger partial charge in [0.1, 0.15) is 5.25 Å². The lowest BCUT2D eigenvalue weighted by atomic mass is 10.2. The maximum atomic E-state index is 12.4. The molecular weight excluding hydrogens is 460 g/mol. The first-order valence-corrected chi connectivity index (χ1v) is 12.7. The number of benzene rings is 1. The molecule has 2 aliphatic heterocycles. The van der Waals surface area contributed by atoms with Crippen molar-refractivity contribution in [2.45, 2.75) is 29.7 Å². The van der Waals surface area contributed by atoms with E-state index in [2.05, 4.69) is 25.5 Å². The molecule has 3 amide bonds. The van der Waals surface area contributed by atoms with Gasteiger partial charge in [0.25, 0.3) is 11.8 Å². The van der Waals surface area contributed by atoms with Gasteiger partial charge in [-0.1, -0.05) is 23.5 Å². The van der Waals surface area contributed by atoms with Gasteiger partial charge in [-0.15, -0.1) is 0 Å². The van der Waals surface area contributed by atoms with E-state index in [0.717, 1.165) is 36.3 Å². The summed E-state index contributed by atoms with van der Waals surface area (Å²) in [4.78, 5) is 47.4. The molecule has 1 saturated heterocycles. The van der Waals surface area contributed by atoms with E-state index in [1.807, 2.05) is 17.8 Å². The second-order valence-corrected chi connectivity index (χ2v) is 10.0. The number of hydrogen-bond donors (Lipinski definition) is 2. The summed E-state index contributed by atoms with van der Waals surface area (Å²) in [6.45, 7) is 2.35. The van der Waals surface area contributed by atoms with Crippen LogP contribution in [-0.2, 0) is 16.6 Å². The highest BCUT2D eigenvalue weighted by atomic mass is 32.2. The third kappa shape index (κ3) is 6.17. The molecule has 1 aromatic heterocycles. The lowest BCUT2D eigenvalue weighted by Crippen LogP contribution is -2.26. The third-order valence-corrected chi connectivity index (χ3v) is 7.58. The molecule has 0 radical (unpaired) electrons. The number of anilines is 1. The molecule has 2 aromatic rings. The van der Waals surface area contributed by atoms with Gasteiger partial charge in [0.05, 0.1) is 0 Å². The minimum absolute atomic E-state index is 0.0697. The van der Waals surface area contributed by atoms with Gasteiger partial charge < -0.3 is 20.1 Å². The zero-order valence-corrected chi connectivity index (χ0v) is 20.0. The van der Waals surface area contributed by atoms with Crippen LogP contribution in [0.15, 0.2) is 46.8 Å². The molecule has 33 heavy (non-hydrogen) atoms. The Labute approximate surface area is 200 Å². The van der Waals surface area contributed by atoms with E-state index in [-0.39, 0.29) is 24.1 Å². The Bertz CT molecular complexity index is 1050. The number of aliphatic imine (C=N–C) groups is 1. The van der Waals surface area contributed by atoms with Crippen molar-refractivity contribution in [1.82, 2.24) is 19.8 Å². The first-order valence-electron chi connectivity index (χ1n) is 10.8. The number of likely N-dealkylation sites (tertiary alicyclic amines) is 1. The van der Waals surface area contributed by atoms with E-state index >= 15 is 0 Å². The van der Waals surface area contributed by atoms with E-state index in [1.165, 1.54) is 11.8 Å². The summed E-state index contributed by atoms with van der Waals surface area (Å²) < 4.78 is 1.93. The van der Waals surface area contributed by atoms with Crippen LogP contribution in [-0.4, -0.2) is 68.0 Å². The first-order chi connectivity index (χ1) is 16.0. The van der Waals surface area contributed by atoms with Crippen LogP contribution in [0.4, 0.5) is 5.69 Å². The second-order valence-electron chi connectivity index (χ2n) is 7.79.